The molecule has 1 unspecified atom stereocenters. The van der Waals surface area contributed by atoms with Crippen molar-refractivity contribution in [1.29, 1.82) is 0 Å². The van der Waals surface area contributed by atoms with Gasteiger partial charge >= 0.3 is 0 Å². The molecule has 3 N–H and O–H groups in total. The number of aryl methyl sites for hydroxylation is 1. The molecule has 1 heterocycles. The summed E-state index contributed by atoms with van der Waals surface area (Å²) >= 11 is 0. The zero-order chi connectivity index (χ0) is 13.5. The second-order valence-corrected chi connectivity index (χ2v) is 6.15. The highest BCUT2D eigenvalue weighted by molar-refractivity contribution is 5.78. The summed E-state index contributed by atoms with van der Waals surface area (Å²) in [5.41, 5.74) is 5.39. The monoisotopic (exact) mass is 258 g/mol. The van der Waals surface area contributed by atoms with E-state index < -0.39 is 0 Å². The molecule has 2 aromatic rings. The molecule has 1 atom stereocenters. The van der Waals surface area contributed by atoms with Gasteiger partial charge in [0.05, 0.1) is 6.04 Å². The Bertz CT molecular complexity index is 581. The fourth-order valence-electron chi connectivity index (χ4n) is 3.42. The lowest BCUT2D eigenvalue weighted by atomic mass is 9.79. The first-order valence-corrected chi connectivity index (χ1v) is 7.09. The molecule has 3 nitrogen and oxygen atoms in total. The highest BCUT2D eigenvalue weighted by Gasteiger charge is 2.39. The summed E-state index contributed by atoms with van der Waals surface area (Å²) in [4.78, 5) is 0. The molecule has 1 aliphatic rings. The van der Waals surface area contributed by atoms with E-state index in [1.165, 1.54) is 31.2 Å². The van der Waals surface area contributed by atoms with Crippen LogP contribution in [0.5, 0.6) is 0 Å². The van der Waals surface area contributed by atoms with Crippen molar-refractivity contribution in [3.8, 4) is 0 Å². The van der Waals surface area contributed by atoms with E-state index in [-0.39, 0.29) is 11.5 Å². The molecular formula is C16H22N2O. The van der Waals surface area contributed by atoms with Crippen LogP contribution in [0.2, 0.25) is 0 Å². The van der Waals surface area contributed by atoms with Gasteiger partial charge in [-0.25, -0.2) is 5.43 Å². The summed E-state index contributed by atoms with van der Waals surface area (Å²) in [5, 5.41) is 1.16. The minimum absolute atomic E-state index is 0.0997. The summed E-state index contributed by atoms with van der Waals surface area (Å²) in [6.07, 6.45) is 4.98. The smallest absolute Gasteiger partial charge is 0.134 e. The van der Waals surface area contributed by atoms with Crippen molar-refractivity contribution >= 4 is 11.0 Å². The molecule has 1 aromatic heterocycles. The van der Waals surface area contributed by atoms with Crippen LogP contribution in [0.15, 0.2) is 28.7 Å². The number of hydrogen-bond acceptors (Lipinski definition) is 3. The van der Waals surface area contributed by atoms with Gasteiger partial charge in [0.2, 0.25) is 0 Å². The Morgan fingerprint density at radius 2 is 2.00 bits per heavy atom. The van der Waals surface area contributed by atoms with E-state index in [9.17, 15) is 0 Å². The van der Waals surface area contributed by atoms with Crippen molar-refractivity contribution in [2.24, 2.45) is 11.3 Å². The van der Waals surface area contributed by atoms with Gasteiger partial charge in [0.1, 0.15) is 11.3 Å². The van der Waals surface area contributed by atoms with Crippen LogP contribution in [-0.2, 0) is 0 Å². The van der Waals surface area contributed by atoms with Crippen LogP contribution in [0.4, 0.5) is 0 Å². The molecule has 1 saturated carbocycles. The van der Waals surface area contributed by atoms with Gasteiger partial charge in [-0.3, -0.25) is 5.84 Å². The van der Waals surface area contributed by atoms with E-state index in [1.54, 1.807) is 0 Å². The maximum atomic E-state index is 6.01. The molecule has 1 fully saturated rings. The molecule has 1 aliphatic carbocycles. The molecule has 0 spiro atoms. The van der Waals surface area contributed by atoms with Gasteiger partial charge in [-0.1, -0.05) is 31.4 Å². The average molecular weight is 258 g/mol. The van der Waals surface area contributed by atoms with E-state index in [1.807, 2.05) is 6.07 Å². The Balaban J connectivity index is 2.01. The van der Waals surface area contributed by atoms with Crippen LogP contribution in [0.3, 0.4) is 0 Å². The molecule has 3 heteroatoms. The number of hydrogen-bond donors (Lipinski definition) is 2. The summed E-state index contributed by atoms with van der Waals surface area (Å²) < 4.78 is 6.01. The second-order valence-electron chi connectivity index (χ2n) is 6.15. The summed E-state index contributed by atoms with van der Waals surface area (Å²) in [5.74, 6) is 6.78. The van der Waals surface area contributed by atoms with Crippen molar-refractivity contribution in [1.82, 2.24) is 5.43 Å². The van der Waals surface area contributed by atoms with Crippen LogP contribution in [-0.4, -0.2) is 0 Å². The minimum atomic E-state index is 0.0997. The molecule has 19 heavy (non-hydrogen) atoms. The van der Waals surface area contributed by atoms with Crippen LogP contribution < -0.4 is 11.3 Å². The van der Waals surface area contributed by atoms with E-state index in [4.69, 9.17) is 10.3 Å². The van der Waals surface area contributed by atoms with Crippen molar-refractivity contribution in [2.45, 2.75) is 45.6 Å². The SMILES string of the molecule is Cc1ccc2oc(C(NN)C3(C)CCCC3)cc2c1. The Labute approximate surface area is 114 Å². The highest BCUT2D eigenvalue weighted by Crippen LogP contribution is 2.47. The van der Waals surface area contributed by atoms with Crippen molar-refractivity contribution in [2.75, 3.05) is 0 Å². The molecule has 3 rings (SSSR count). The van der Waals surface area contributed by atoms with Gasteiger partial charge in [0, 0.05) is 5.39 Å². The lowest BCUT2D eigenvalue weighted by Gasteiger charge is -2.31. The van der Waals surface area contributed by atoms with Crippen molar-refractivity contribution in [3.05, 3.63) is 35.6 Å². The Kier molecular flexibility index (Phi) is 3.11. The normalized spacial score (nSPS) is 19.9. The molecule has 0 amide bonds. The zero-order valence-corrected chi connectivity index (χ0v) is 11.7. The molecule has 0 saturated heterocycles. The Morgan fingerprint density at radius 1 is 1.26 bits per heavy atom. The third-order valence-electron chi connectivity index (χ3n) is 4.58. The average Bonchev–Trinajstić information content (AvgIpc) is 2.96. The van der Waals surface area contributed by atoms with E-state index in [2.05, 4.69) is 37.5 Å². The standard InChI is InChI=1S/C16H22N2O/c1-11-5-6-13-12(9-11)10-14(19-13)15(18-17)16(2)7-3-4-8-16/h5-6,9-10,15,18H,3-4,7-8,17H2,1-2H3. The Morgan fingerprint density at radius 3 is 2.68 bits per heavy atom. The van der Waals surface area contributed by atoms with Gasteiger partial charge in [-0.05, 0) is 43.4 Å². The molecule has 1 aromatic carbocycles. The molecule has 102 valence electrons. The minimum Gasteiger partial charge on any atom is -0.459 e. The topological polar surface area (TPSA) is 51.2 Å². The second kappa shape index (κ2) is 4.66. The zero-order valence-electron chi connectivity index (χ0n) is 11.7. The lowest BCUT2D eigenvalue weighted by molar-refractivity contribution is 0.200. The van der Waals surface area contributed by atoms with E-state index in [0.717, 1.165) is 16.7 Å². The number of fused-ring (bicyclic) bond motifs is 1. The fraction of sp³-hybridized carbons (Fsp3) is 0.500. The van der Waals surface area contributed by atoms with Gasteiger partial charge in [0.15, 0.2) is 0 Å². The predicted octanol–water partition coefficient (Wildman–Crippen LogP) is 3.83. The van der Waals surface area contributed by atoms with Gasteiger partial charge in [0.25, 0.3) is 0 Å². The first kappa shape index (κ1) is 12.7. The fourth-order valence-corrected chi connectivity index (χ4v) is 3.42. The Hall–Kier alpha value is -1.32. The number of furan rings is 1. The maximum Gasteiger partial charge on any atom is 0.134 e. The molecule has 0 bridgehead atoms. The summed E-state index contributed by atoms with van der Waals surface area (Å²) in [7, 11) is 0. The number of hydrazine groups is 1. The van der Waals surface area contributed by atoms with Crippen LogP contribution in [0.25, 0.3) is 11.0 Å². The number of nitrogens with one attached hydrogen (secondary N) is 1. The van der Waals surface area contributed by atoms with Crippen molar-refractivity contribution < 1.29 is 4.42 Å². The van der Waals surface area contributed by atoms with Crippen LogP contribution in [0.1, 0.15) is 50.0 Å². The molecule has 0 radical (unpaired) electrons. The molecular weight excluding hydrogens is 236 g/mol. The van der Waals surface area contributed by atoms with Gasteiger partial charge < -0.3 is 4.42 Å². The molecule has 0 aliphatic heterocycles. The first-order valence-electron chi connectivity index (χ1n) is 7.09. The largest absolute Gasteiger partial charge is 0.459 e. The quantitative estimate of drug-likeness (QED) is 0.650. The first-order chi connectivity index (χ1) is 9.12. The van der Waals surface area contributed by atoms with Gasteiger partial charge in [-0.2, -0.15) is 0 Å². The number of nitrogens with two attached hydrogens (primary N) is 1. The number of rotatable bonds is 3. The highest BCUT2D eigenvalue weighted by atomic mass is 16.3. The van der Waals surface area contributed by atoms with Crippen LogP contribution in [0, 0.1) is 12.3 Å². The van der Waals surface area contributed by atoms with Gasteiger partial charge in [-0.15, -0.1) is 0 Å². The third kappa shape index (κ3) is 2.17. The number of benzene rings is 1. The predicted molar refractivity (Wildman–Crippen MR) is 77.6 cm³/mol. The summed E-state index contributed by atoms with van der Waals surface area (Å²) in [6.45, 7) is 4.41. The maximum absolute atomic E-state index is 6.01. The third-order valence-corrected chi connectivity index (χ3v) is 4.58. The van der Waals surface area contributed by atoms with Crippen molar-refractivity contribution in [3.63, 3.8) is 0 Å². The van der Waals surface area contributed by atoms with Crippen LogP contribution >= 0.6 is 0 Å². The lowest BCUT2D eigenvalue weighted by Crippen LogP contribution is -2.38. The summed E-state index contributed by atoms with van der Waals surface area (Å²) in [6, 6.07) is 8.52. The van der Waals surface area contributed by atoms with E-state index in [0.29, 0.717) is 0 Å². The van der Waals surface area contributed by atoms with E-state index >= 15 is 0 Å².